The van der Waals surface area contributed by atoms with Gasteiger partial charge in [-0.05, 0) is 23.4 Å². The molecule has 0 aliphatic carbocycles. The minimum atomic E-state index is 1.09. The van der Waals surface area contributed by atoms with Crippen molar-refractivity contribution in [2.75, 3.05) is 19.0 Å². The Morgan fingerprint density at radius 1 is 0.933 bits per heavy atom. The Balaban J connectivity index is 2.77. The summed E-state index contributed by atoms with van der Waals surface area (Å²) in [6, 6.07) is 13.1. The molecule has 0 atom stereocenters. The highest BCUT2D eigenvalue weighted by atomic mass is 15.1. The summed E-state index contributed by atoms with van der Waals surface area (Å²) in [5.74, 6) is 0. The molecule has 1 heteroatoms. The van der Waals surface area contributed by atoms with Crippen LogP contribution in [0.5, 0.6) is 0 Å². The van der Waals surface area contributed by atoms with Crippen LogP contribution in [0.2, 0.25) is 0 Å². The molecule has 0 spiro atoms. The molecular weight excluding hydrogens is 182 g/mol. The normalized spacial score (nSPS) is 10.6. The number of anilines is 1. The Labute approximate surface area is 91.3 Å². The molecule has 0 aromatic heterocycles. The molecule has 0 fully saturated rings. The molecule has 15 heavy (non-hydrogen) atoms. The van der Waals surface area contributed by atoms with Crippen molar-refractivity contribution in [1.29, 1.82) is 0 Å². The highest BCUT2D eigenvalue weighted by molar-refractivity contribution is 5.96. The largest absolute Gasteiger partial charge is 0.377 e. The molecule has 0 bridgehead atoms. The van der Waals surface area contributed by atoms with Gasteiger partial charge in [-0.1, -0.05) is 37.3 Å². The fraction of sp³-hybridized carbons (Fsp3) is 0.286. The van der Waals surface area contributed by atoms with Crippen molar-refractivity contribution in [3.05, 3.63) is 42.0 Å². The molecule has 0 unspecified atom stereocenters. The van der Waals surface area contributed by atoms with E-state index in [9.17, 15) is 0 Å². The third-order valence-electron chi connectivity index (χ3n) is 2.85. The third kappa shape index (κ3) is 1.70. The highest BCUT2D eigenvalue weighted by Gasteiger charge is 2.05. The van der Waals surface area contributed by atoms with Crippen LogP contribution in [-0.4, -0.2) is 14.1 Å². The fourth-order valence-corrected chi connectivity index (χ4v) is 2.04. The van der Waals surface area contributed by atoms with Crippen molar-refractivity contribution >= 4 is 16.5 Å². The average molecular weight is 199 g/mol. The molecule has 0 saturated carbocycles. The number of benzene rings is 2. The zero-order valence-corrected chi connectivity index (χ0v) is 9.62. The predicted octanol–water partition coefficient (Wildman–Crippen LogP) is 3.47. The van der Waals surface area contributed by atoms with Gasteiger partial charge in [0.2, 0.25) is 0 Å². The molecule has 0 aliphatic heterocycles. The number of hydrogen-bond donors (Lipinski definition) is 0. The fourth-order valence-electron chi connectivity index (χ4n) is 2.04. The summed E-state index contributed by atoms with van der Waals surface area (Å²) in [6.07, 6.45) is 1.09. The Morgan fingerprint density at radius 3 is 2.20 bits per heavy atom. The Kier molecular flexibility index (Phi) is 2.63. The minimum Gasteiger partial charge on any atom is -0.377 e. The molecule has 0 amide bonds. The van der Waals surface area contributed by atoms with Gasteiger partial charge in [0.05, 0.1) is 0 Å². The monoisotopic (exact) mass is 199 g/mol. The van der Waals surface area contributed by atoms with E-state index in [0.29, 0.717) is 0 Å². The summed E-state index contributed by atoms with van der Waals surface area (Å²) in [5.41, 5.74) is 2.72. The van der Waals surface area contributed by atoms with E-state index in [1.807, 2.05) is 0 Å². The first-order chi connectivity index (χ1) is 7.24. The summed E-state index contributed by atoms with van der Waals surface area (Å²) < 4.78 is 0. The van der Waals surface area contributed by atoms with E-state index in [-0.39, 0.29) is 0 Å². The molecule has 78 valence electrons. The van der Waals surface area contributed by atoms with Crippen LogP contribution in [0, 0.1) is 0 Å². The maximum Gasteiger partial charge on any atom is 0.0440 e. The highest BCUT2D eigenvalue weighted by Crippen LogP contribution is 2.28. The van der Waals surface area contributed by atoms with Gasteiger partial charge in [0.1, 0.15) is 0 Å². The molecule has 1 nitrogen and oxygen atoms in total. The maximum absolute atomic E-state index is 2.23. The lowest BCUT2D eigenvalue weighted by atomic mass is 10.0. The molecular formula is C14H17N. The average Bonchev–Trinajstić information content (AvgIpc) is 2.27. The van der Waals surface area contributed by atoms with Crippen LogP contribution in [0.15, 0.2) is 36.4 Å². The lowest BCUT2D eigenvalue weighted by Gasteiger charge is -2.17. The number of aryl methyl sites for hydroxylation is 1. The van der Waals surface area contributed by atoms with E-state index in [4.69, 9.17) is 0 Å². The van der Waals surface area contributed by atoms with Crippen molar-refractivity contribution in [2.45, 2.75) is 13.3 Å². The van der Waals surface area contributed by atoms with E-state index < -0.39 is 0 Å². The molecule has 0 heterocycles. The first-order valence-electron chi connectivity index (χ1n) is 5.42. The summed E-state index contributed by atoms with van der Waals surface area (Å²) in [6.45, 7) is 2.21. The minimum absolute atomic E-state index is 1.09. The van der Waals surface area contributed by atoms with Crippen LogP contribution in [0.3, 0.4) is 0 Å². The number of nitrogens with zero attached hydrogens (tertiary/aromatic N) is 1. The SMILES string of the molecule is CCc1ccc(N(C)C)c2ccccc12. The first-order valence-corrected chi connectivity index (χ1v) is 5.42. The third-order valence-corrected chi connectivity index (χ3v) is 2.85. The second kappa shape index (κ2) is 3.93. The van der Waals surface area contributed by atoms with Gasteiger partial charge in [0.15, 0.2) is 0 Å². The van der Waals surface area contributed by atoms with E-state index in [1.165, 1.54) is 22.0 Å². The van der Waals surface area contributed by atoms with Crippen LogP contribution in [-0.2, 0) is 6.42 Å². The molecule has 2 aromatic carbocycles. The van der Waals surface area contributed by atoms with Crippen LogP contribution >= 0.6 is 0 Å². The van der Waals surface area contributed by atoms with Gasteiger partial charge in [-0.3, -0.25) is 0 Å². The van der Waals surface area contributed by atoms with Gasteiger partial charge in [-0.25, -0.2) is 0 Å². The number of fused-ring (bicyclic) bond motifs is 1. The molecule has 0 radical (unpaired) electrons. The summed E-state index contributed by atoms with van der Waals surface area (Å²) in [5, 5.41) is 2.73. The van der Waals surface area contributed by atoms with E-state index >= 15 is 0 Å². The van der Waals surface area contributed by atoms with Gasteiger partial charge in [0, 0.05) is 25.2 Å². The van der Waals surface area contributed by atoms with Crippen LogP contribution in [0.1, 0.15) is 12.5 Å². The van der Waals surface area contributed by atoms with Crippen molar-refractivity contribution in [3.63, 3.8) is 0 Å². The smallest absolute Gasteiger partial charge is 0.0440 e. The number of rotatable bonds is 2. The Bertz CT molecular complexity index is 472. The van der Waals surface area contributed by atoms with E-state index in [2.05, 4.69) is 62.3 Å². The zero-order valence-electron chi connectivity index (χ0n) is 9.62. The van der Waals surface area contributed by atoms with Crippen molar-refractivity contribution in [3.8, 4) is 0 Å². The molecule has 0 aliphatic rings. The second-order valence-electron chi connectivity index (χ2n) is 4.04. The van der Waals surface area contributed by atoms with Crippen molar-refractivity contribution in [2.24, 2.45) is 0 Å². The van der Waals surface area contributed by atoms with Crippen LogP contribution in [0.25, 0.3) is 10.8 Å². The lowest BCUT2D eigenvalue weighted by Crippen LogP contribution is -2.09. The quantitative estimate of drug-likeness (QED) is 0.716. The molecule has 2 rings (SSSR count). The summed E-state index contributed by atoms with van der Waals surface area (Å²) in [7, 11) is 4.18. The van der Waals surface area contributed by atoms with E-state index in [1.54, 1.807) is 0 Å². The second-order valence-corrected chi connectivity index (χ2v) is 4.04. The maximum atomic E-state index is 2.23. The topological polar surface area (TPSA) is 3.24 Å². The molecule has 0 saturated heterocycles. The van der Waals surface area contributed by atoms with Gasteiger partial charge in [-0.15, -0.1) is 0 Å². The van der Waals surface area contributed by atoms with E-state index in [0.717, 1.165) is 6.42 Å². The summed E-state index contributed by atoms with van der Waals surface area (Å²) >= 11 is 0. The Hall–Kier alpha value is -1.50. The van der Waals surface area contributed by atoms with Gasteiger partial charge in [-0.2, -0.15) is 0 Å². The van der Waals surface area contributed by atoms with Crippen LogP contribution < -0.4 is 4.90 Å². The molecule has 0 N–H and O–H groups in total. The summed E-state index contributed by atoms with van der Waals surface area (Å²) in [4.78, 5) is 2.17. The van der Waals surface area contributed by atoms with Gasteiger partial charge < -0.3 is 4.90 Å². The van der Waals surface area contributed by atoms with Gasteiger partial charge >= 0.3 is 0 Å². The lowest BCUT2D eigenvalue weighted by molar-refractivity contribution is 1.13. The number of hydrogen-bond acceptors (Lipinski definition) is 1. The zero-order chi connectivity index (χ0) is 10.8. The van der Waals surface area contributed by atoms with Crippen molar-refractivity contribution in [1.82, 2.24) is 0 Å². The standard InChI is InChI=1S/C14H17N/c1-4-11-9-10-14(15(2)3)13-8-6-5-7-12(11)13/h5-10H,4H2,1-3H3. The van der Waals surface area contributed by atoms with Gasteiger partial charge in [0.25, 0.3) is 0 Å². The van der Waals surface area contributed by atoms with Crippen LogP contribution in [0.4, 0.5) is 5.69 Å². The van der Waals surface area contributed by atoms with Crippen molar-refractivity contribution < 1.29 is 0 Å². The predicted molar refractivity (Wildman–Crippen MR) is 67.7 cm³/mol. The molecule has 2 aromatic rings. The first kappa shape index (κ1) is 10.0. The Morgan fingerprint density at radius 2 is 1.60 bits per heavy atom.